The lowest BCUT2D eigenvalue weighted by Gasteiger charge is -2.16. The summed E-state index contributed by atoms with van der Waals surface area (Å²) in [6.07, 6.45) is 2.25. The molecule has 1 heterocycles. The molecule has 0 aliphatic carbocycles. The summed E-state index contributed by atoms with van der Waals surface area (Å²) in [4.78, 5) is 13.4. The lowest BCUT2D eigenvalue weighted by molar-refractivity contribution is 0.0518. The SMILES string of the molecule is CCCCN(C)c1ccc(C(=O)OCC)nn1. The topological polar surface area (TPSA) is 55.3 Å². The van der Waals surface area contributed by atoms with Gasteiger partial charge >= 0.3 is 5.97 Å². The van der Waals surface area contributed by atoms with E-state index in [4.69, 9.17) is 4.74 Å². The molecular weight excluding hydrogens is 218 g/mol. The van der Waals surface area contributed by atoms with Gasteiger partial charge in [0, 0.05) is 13.6 Å². The van der Waals surface area contributed by atoms with Crippen molar-refractivity contribution in [3.8, 4) is 0 Å². The fourth-order valence-electron chi connectivity index (χ4n) is 1.35. The highest BCUT2D eigenvalue weighted by atomic mass is 16.5. The zero-order valence-electron chi connectivity index (χ0n) is 10.6. The second-order valence-corrected chi connectivity index (χ2v) is 3.77. The van der Waals surface area contributed by atoms with E-state index >= 15 is 0 Å². The molecule has 0 amide bonds. The molecule has 0 bridgehead atoms. The van der Waals surface area contributed by atoms with Gasteiger partial charge in [0.25, 0.3) is 0 Å². The Hall–Kier alpha value is -1.65. The minimum absolute atomic E-state index is 0.250. The second-order valence-electron chi connectivity index (χ2n) is 3.77. The molecule has 17 heavy (non-hydrogen) atoms. The van der Waals surface area contributed by atoms with E-state index < -0.39 is 5.97 Å². The van der Waals surface area contributed by atoms with Gasteiger partial charge < -0.3 is 9.64 Å². The van der Waals surface area contributed by atoms with Gasteiger partial charge in [-0.1, -0.05) is 13.3 Å². The molecule has 0 radical (unpaired) electrons. The fraction of sp³-hybridized carbons (Fsp3) is 0.583. The van der Waals surface area contributed by atoms with Crippen molar-refractivity contribution in [3.05, 3.63) is 17.8 Å². The molecule has 0 saturated carbocycles. The summed E-state index contributed by atoms with van der Waals surface area (Å²) >= 11 is 0. The number of hydrogen-bond acceptors (Lipinski definition) is 5. The average molecular weight is 237 g/mol. The van der Waals surface area contributed by atoms with Crippen LogP contribution in [0.4, 0.5) is 5.82 Å². The van der Waals surface area contributed by atoms with Crippen molar-refractivity contribution in [1.82, 2.24) is 10.2 Å². The first-order valence-corrected chi connectivity index (χ1v) is 5.91. The first-order chi connectivity index (χ1) is 8.19. The van der Waals surface area contributed by atoms with Gasteiger partial charge in [0.15, 0.2) is 11.5 Å². The van der Waals surface area contributed by atoms with Gasteiger partial charge in [0.2, 0.25) is 0 Å². The van der Waals surface area contributed by atoms with Gasteiger partial charge in [-0.25, -0.2) is 4.79 Å². The number of aromatic nitrogens is 2. The Balaban J connectivity index is 2.64. The van der Waals surface area contributed by atoms with Crippen LogP contribution in [0.1, 0.15) is 37.2 Å². The monoisotopic (exact) mass is 237 g/mol. The summed E-state index contributed by atoms with van der Waals surface area (Å²) in [7, 11) is 1.96. The number of hydrogen-bond donors (Lipinski definition) is 0. The zero-order chi connectivity index (χ0) is 12.7. The van der Waals surface area contributed by atoms with E-state index in [1.165, 1.54) is 0 Å². The zero-order valence-corrected chi connectivity index (χ0v) is 10.6. The minimum Gasteiger partial charge on any atom is -0.461 e. The largest absolute Gasteiger partial charge is 0.461 e. The van der Waals surface area contributed by atoms with Gasteiger partial charge in [0.1, 0.15) is 0 Å². The van der Waals surface area contributed by atoms with Crippen molar-refractivity contribution < 1.29 is 9.53 Å². The van der Waals surface area contributed by atoms with Crippen molar-refractivity contribution >= 4 is 11.8 Å². The van der Waals surface area contributed by atoms with Gasteiger partial charge in [-0.3, -0.25) is 0 Å². The highest BCUT2D eigenvalue weighted by Gasteiger charge is 2.09. The third-order valence-electron chi connectivity index (χ3n) is 2.37. The maximum atomic E-state index is 11.4. The van der Waals surface area contributed by atoms with Crippen LogP contribution in [0.3, 0.4) is 0 Å². The van der Waals surface area contributed by atoms with E-state index in [1.54, 1.807) is 19.1 Å². The van der Waals surface area contributed by atoms with Crippen LogP contribution in [-0.2, 0) is 4.74 Å². The third kappa shape index (κ3) is 4.01. The number of carbonyl (C=O) groups excluding carboxylic acids is 1. The minimum atomic E-state index is -0.428. The van der Waals surface area contributed by atoms with Crippen LogP contribution in [0.2, 0.25) is 0 Å². The summed E-state index contributed by atoms with van der Waals surface area (Å²) in [6.45, 7) is 5.18. The molecule has 5 heteroatoms. The van der Waals surface area contributed by atoms with Crippen molar-refractivity contribution in [3.63, 3.8) is 0 Å². The van der Waals surface area contributed by atoms with Crippen molar-refractivity contribution in [1.29, 1.82) is 0 Å². The summed E-state index contributed by atoms with van der Waals surface area (Å²) in [6, 6.07) is 3.43. The molecule has 0 aliphatic heterocycles. The number of ether oxygens (including phenoxy) is 1. The molecule has 0 saturated heterocycles. The number of anilines is 1. The van der Waals surface area contributed by atoms with Gasteiger partial charge in [-0.05, 0) is 25.5 Å². The smallest absolute Gasteiger partial charge is 0.358 e. The van der Waals surface area contributed by atoms with Crippen LogP contribution >= 0.6 is 0 Å². The van der Waals surface area contributed by atoms with Gasteiger partial charge in [-0.15, -0.1) is 10.2 Å². The molecule has 0 fully saturated rings. The average Bonchev–Trinajstić information content (AvgIpc) is 2.36. The summed E-state index contributed by atoms with van der Waals surface area (Å²) < 4.78 is 4.84. The maximum absolute atomic E-state index is 11.4. The summed E-state index contributed by atoms with van der Waals surface area (Å²) in [5.74, 6) is 0.342. The Morgan fingerprint density at radius 2 is 2.12 bits per heavy atom. The molecule has 1 aromatic heterocycles. The van der Waals surface area contributed by atoms with E-state index in [0.717, 1.165) is 25.2 Å². The normalized spacial score (nSPS) is 10.1. The Labute approximate surface area is 102 Å². The third-order valence-corrected chi connectivity index (χ3v) is 2.37. The van der Waals surface area contributed by atoms with Crippen LogP contribution in [0.25, 0.3) is 0 Å². The van der Waals surface area contributed by atoms with E-state index in [0.29, 0.717) is 6.61 Å². The molecule has 0 spiro atoms. The molecule has 0 aromatic carbocycles. The highest BCUT2D eigenvalue weighted by molar-refractivity contribution is 5.87. The molecule has 0 atom stereocenters. The molecule has 1 rings (SSSR count). The molecular formula is C12H19N3O2. The molecule has 1 aromatic rings. The standard InChI is InChI=1S/C12H19N3O2/c1-4-6-9-15(3)11-8-7-10(13-14-11)12(16)17-5-2/h7-8H,4-6,9H2,1-3H3. The van der Waals surface area contributed by atoms with Crippen LogP contribution in [-0.4, -0.2) is 36.4 Å². The van der Waals surface area contributed by atoms with Gasteiger partial charge in [-0.2, -0.15) is 0 Å². The lowest BCUT2D eigenvalue weighted by Crippen LogP contribution is -2.20. The first kappa shape index (κ1) is 13.4. The van der Waals surface area contributed by atoms with Crippen LogP contribution in [0, 0.1) is 0 Å². The molecule has 5 nitrogen and oxygen atoms in total. The Morgan fingerprint density at radius 3 is 2.65 bits per heavy atom. The van der Waals surface area contributed by atoms with Crippen LogP contribution in [0.15, 0.2) is 12.1 Å². The van der Waals surface area contributed by atoms with Crippen LogP contribution in [0.5, 0.6) is 0 Å². The first-order valence-electron chi connectivity index (χ1n) is 5.91. The Morgan fingerprint density at radius 1 is 1.35 bits per heavy atom. The number of carbonyl (C=O) groups is 1. The number of nitrogens with zero attached hydrogens (tertiary/aromatic N) is 3. The number of esters is 1. The van der Waals surface area contributed by atoms with Crippen molar-refractivity contribution in [2.75, 3.05) is 25.1 Å². The van der Waals surface area contributed by atoms with E-state index in [1.807, 2.05) is 11.9 Å². The predicted octanol–water partition coefficient (Wildman–Crippen LogP) is 1.89. The van der Waals surface area contributed by atoms with E-state index in [-0.39, 0.29) is 5.69 Å². The van der Waals surface area contributed by atoms with E-state index in [2.05, 4.69) is 17.1 Å². The summed E-state index contributed by atoms with van der Waals surface area (Å²) in [5, 5.41) is 7.87. The Kier molecular flexibility index (Phi) is 5.39. The molecule has 0 aliphatic rings. The quantitative estimate of drug-likeness (QED) is 0.707. The summed E-state index contributed by atoms with van der Waals surface area (Å²) in [5.41, 5.74) is 0.250. The van der Waals surface area contributed by atoms with Crippen molar-refractivity contribution in [2.45, 2.75) is 26.7 Å². The maximum Gasteiger partial charge on any atom is 0.358 e. The van der Waals surface area contributed by atoms with Gasteiger partial charge in [0.05, 0.1) is 6.61 Å². The number of rotatable bonds is 6. The molecule has 0 N–H and O–H groups in total. The second kappa shape index (κ2) is 6.83. The number of unbranched alkanes of at least 4 members (excludes halogenated alkanes) is 1. The van der Waals surface area contributed by atoms with Crippen LogP contribution < -0.4 is 4.90 Å². The van der Waals surface area contributed by atoms with E-state index in [9.17, 15) is 4.79 Å². The van der Waals surface area contributed by atoms with Crippen molar-refractivity contribution in [2.24, 2.45) is 0 Å². The molecule has 0 unspecified atom stereocenters. The Bertz CT molecular complexity index is 351. The lowest BCUT2D eigenvalue weighted by atomic mass is 10.3. The molecule has 94 valence electrons. The highest BCUT2D eigenvalue weighted by Crippen LogP contribution is 2.09. The fourth-order valence-corrected chi connectivity index (χ4v) is 1.35. The predicted molar refractivity (Wildman–Crippen MR) is 66.2 cm³/mol.